The van der Waals surface area contributed by atoms with E-state index in [0.29, 0.717) is 5.92 Å². The monoisotopic (exact) mass is 652 g/mol. The van der Waals surface area contributed by atoms with Crippen LogP contribution in [0.25, 0.3) is 55.3 Å². The van der Waals surface area contributed by atoms with Crippen LogP contribution in [-0.4, -0.2) is 4.57 Å². The van der Waals surface area contributed by atoms with Crippen molar-refractivity contribution < 1.29 is 0 Å². The summed E-state index contributed by atoms with van der Waals surface area (Å²) in [5, 5.41) is 2.56. The molecule has 1 aliphatic carbocycles. The number of allylic oxidation sites excluding steroid dienone is 4. The molecule has 7 aromatic carbocycles. The predicted molar refractivity (Wildman–Crippen MR) is 215 cm³/mol. The minimum absolute atomic E-state index is 0.273. The number of hydrogen-bond acceptors (Lipinski definition) is 1. The van der Waals surface area contributed by atoms with Crippen LogP contribution in [0, 0.1) is 5.92 Å². The van der Waals surface area contributed by atoms with Crippen molar-refractivity contribution in [3.8, 4) is 27.9 Å². The molecule has 0 N–H and O–H groups in total. The van der Waals surface area contributed by atoms with Crippen molar-refractivity contribution in [1.82, 2.24) is 4.57 Å². The Balaban J connectivity index is 1.04. The van der Waals surface area contributed by atoms with Gasteiger partial charge < -0.3 is 9.47 Å². The zero-order valence-corrected chi connectivity index (χ0v) is 28.4. The lowest BCUT2D eigenvalue weighted by molar-refractivity contribution is 0.636. The molecule has 0 bridgehead atoms. The molecule has 51 heavy (non-hydrogen) atoms. The number of aromatic nitrogens is 1. The number of nitrogens with zero attached hydrogens (tertiary/aromatic N) is 2. The molecule has 0 spiro atoms. The summed E-state index contributed by atoms with van der Waals surface area (Å²) in [7, 11) is 0. The summed E-state index contributed by atoms with van der Waals surface area (Å²) >= 11 is 0. The lowest BCUT2D eigenvalue weighted by atomic mass is 9.76. The first-order valence-corrected chi connectivity index (χ1v) is 17.9. The second-order valence-electron chi connectivity index (χ2n) is 13.8. The maximum atomic E-state index is 2.47. The third-order valence-electron chi connectivity index (χ3n) is 11.0. The summed E-state index contributed by atoms with van der Waals surface area (Å²) in [4.78, 5) is 2.47. The van der Waals surface area contributed by atoms with Crippen LogP contribution in [0.5, 0.6) is 0 Å². The summed E-state index contributed by atoms with van der Waals surface area (Å²) < 4.78 is 2.41. The molecule has 2 aliphatic rings. The van der Waals surface area contributed by atoms with Gasteiger partial charge in [0, 0.05) is 39.4 Å². The summed E-state index contributed by atoms with van der Waals surface area (Å²) in [5.41, 5.74) is 16.4. The molecule has 10 rings (SSSR count). The number of rotatable bonds is 5. The highest BCUT2D eigenvalue weighted by Crippen LogP contribution is 2.55. The second-order valence-corrected chi connectivity index (χ2v) is 13.8. The Morgan fingerprint density at radius 1 is 0.431 bits per heavy atom. The third kappa shape index (κ3) is 4.79. The number of hydrogen-bond donors (Lipinski definition) is 0. The Morgan fingerprint density at radius 2 is 0.980 bits per heavy atom. The average Bonchev–Trinajstić information content (AvgIpc) is 3.72. The molecule has 2 heterocycles. The summed E-state index contributed by atoms with van der Waals surface area (Å²) in [5.74, 6) is 0.575. The Labute approximate surface area is 298 Å². The molecule has 2 heteroatoms. The van der Waals surface area contributed by atoms with E-state index >= 15 is 0 Å². The van der Waals surface area contributed by atoms with Crippen LogP contribution in [-0.2, 0) is 0 Å². The van der Waals surface area contributed by atoms with Gasteiger partial charge in [-0.2, -0.15) is 0 Å². The first-order valence-electron chi connectivity index (χ1n) is 17.9. The summed E-state index contributed by atoms with van der Waals surface area (Å²) in [6, 6.07) is 64.1. The fourth-order valence-corrected chi connectivity index (χ4v) is 8.55. The highest BCUT2D eigenvalue weighted by Gasteiger charge is 2.40. The zero-order valence-electron chi connectivity index (χ0n) is 28.4. The molecule has 0 radical (unpaired) electrons. The van der Waals surface area contributed by atoms with Crippen molar-refractivity contribution in [1.29, 1.82) is 0 Å². The van der Waals surface area contributed by atoms with Crippen LogP contribution < -0.4 is 4.90 Å². The number of fused-ring (bicyclic) bond motifs is 6. The van der Waals surface area contributed by atoms with E-state index in [-0.39, 0.29) is 5.92 Å². The van der Waals surface area contributed by atoms with Crippen molar-refractivity contribution in [3.63, 3.8) is 0 Å². The third-order valence-corrected chi connectivity index (χ3v) is 11.0. The number of anilines is 2. The van der Waals surface area contributed by atoms with Gasteiger partial charge in [-0.05, 0) is 99.5 Å². The van der Waals surface area contributed by atoms with E-state index < -0.39 is 0 Å². The molecular formula is C49H36N2. The number of para-hydroxylation sites is 2. The van der Waals surface area contributed by atoms with Crippen LogP contribution in [0.2, 0.25) is 0 Å². The van der Waals surface area contributed by atoms with Gasteiger partial charge in [-0.25, -0.2) is 0 Å². The molecule has 8 aromatic rings. The summed E-state index contributed by atoms with van der Waals surface area (Å²) in [6.07, 6.45) is 4.74. The topological polar surface area (TPSA) is 8.17 Å². The molecule has 0 fully saturated rings. The standard InChI is InChI=1S/C49H36N2/c1-33-41(29-31-48-49(33)43-17-9-11-19-46(43)51(48)40-27-22-37(23-28-40)35-14-6-3-7-15-35)38-24-30-47-44(32-38)42-16-8-10-18-45(42)50(47)39-25-20-36(21-26-39)34-12-4-2-5-13-34/h2-33,49H,1H3. The summed E-state index contributed by atoms with van der Waals surface area (Å²) in [6.45, 7) is 2.41. The lowest BCUT2D eigenvalue weighted by Gasteiger charge is -2.31. The Morgan fingerprint density at radius 3 is 1.69 bits per heavy atom. The normalized spacial score (nSPS) is 16.5. The average molecular weight is 653 g/mol. The molecular weight excluding hydrogens is 617 g/mol. The van der Waals surface area contributed by atoms with Crippen molar-refractivity contribution in [2.24, 2.45) is 5.92 Å². The van der Waals surface area contributed by atoms with E-state index in [2.05, 4.69) is 204 Å². The van der Waals surface area contributed by atoms with Gasteiger partial charge in [0.15, 0.2) is 0 Å². The van der Waals surface area contributed by atoms with E-state index in [1.807, 2.05) is 0 Å². The van der Waals surface area contributed by atoms with Crippen LogP contribution >= 0.6 is 0 Å². The van der Waals surface area contributed by atoms with Gasteiger partial charge in [0.1, 0.15) is 0 Å². The Hall–Kier alpha value is -6.38. The zero-order chi connectivity index (χ0) is 33.9. The van der Waals surface area contributed by atoms with Gasteiger partial charge in [0.25, 0.3) is 0 Å². The van der Waals surface area contributed by atoms with Gasteiger partial charge in [-0.3, -0.25) is 0 Å². The molecule has 0 saturated carbocycles. The largest absolute Gasteiger partial charge is 0.313 e. The molecule has 1 aromatic heterocycles. The first-order chi connectivity index (χ1) is 25.2. The van der Waals surface area contributed by atoms with Crippen LogP contribution in [0.3, 0.4) is 0 Å². The highest BCUT2D eigenvalue weighted by atomic mass is 15.2. The van der Waals surface area contributed by atoms with Gasteiger partial charge in [-0.1, -0.05) is 140 Å². The van der Waals surface area contributed by atoms with Crippen molar-refractivity contribution >= 4 is 38.8 Å². The molecule has 1 aliphatic heterocycles. The molecule has 2 atom stereocenters. The van der Waals surface area contributed by atoms with E-state index in [1.54, 1.807) is 0 Å². The quantitative estimate of drug-likeness (QED) is 0.180. The molecule has 242 valence electrons. The van der Waals surface area contributed by atoms with Gasteiger partial charge in [-0.15, -0.1) is 0 Å². The Bertz CT molecular complexity index is 2630. The van der Waals surface area contributed by atoms with Crippen molar-refractivity contribution in [2.45, 2.75) is 12.8 Å². The van der Waals surface area contributed by atoms with Gasteiger partial charge >= 0.3 is 0 Å². The predicted octanol–water partition coefficient (Wildman–Crippen LogP) is 13.0. The Kier molecular flexibility index (Phi) is 6.89. The first kappa shape index (κ1) is 29.5. The minimum atomic E-state index is 0.273. The lowest BCUT2D eigenvalue weighted by Crippen LogP contribution is -2.20. The molecule has 0 amide bonds. The van der Waals surface area contributed by atoms with Crippen LogP contribution in [0.1, 0.15) is 24.0 Å². The smallest absolute Gasteiger partial charge is 0.0541 e. The fourth-order valence-electron chi connectivity index (χ4n) is 8.55. The van der Waals surface area contributed by atoms with Gasteiger partial charge in [0.05, 0.1) is 11.0 Å². The fraction of sp³-hybridized carbons (Fsp3) is 0.0612. The minimum Gasteiger partial charge on any atom is -0.313 e. The molecule has 0 saturated heterocycles. The van der Waals surface area contributed by atoms with Crippen molar-refractivity contribution in [2.75, 3.05) is 4.90 Å². The maximum absolute atomic E-state index is 2.47. The van der Waals surface area contributed by atoms with E-state index in [4.69, 9.17) is 0 Å². The van der Waals surface area contributed by atoms with E-state index in [1.165, 1.54) is 83.5 Å². The van der Waals surface area contributed by atoms with Crippen LogP contribution in [0.15, 0.2) is 194 Å². The van der Waals surface area contributed by atoms with Gasteiger partial charge in [0.2, 0.25) is 0 Å². The van der Waals surface area contributed by atoms with E-state index in [0.717, 1.165) is 0 Å². The SMILES string of the molecule is CC1C(c2ccc3c(c2)c2ccccc2n3-c2ccc(-c3ccccc3)cc2)=CC=C2C1c1ccccc1N2c1ccc(-c2ccccc2)cc1. The second kappa shape index (κ2) is 11.9. The van der Waals surface area contributed by atoms with Crippen LogP contribution in [0.4, 0.5) is 11.4 Å². The van der Waals surface area contributed by atoms with Crippen molar-refractivity contribution in [3.05, 3.63) is 205 Å². The number of benzene rings is 7. The molecule has 2 unspecified atom stereocenters. The van der Waals surface area contributed by atoms with E-state index in [9.17, 15) is 0 Å². The maximum Gasteiger partial charge on any atom is 0.0541 e. The highest BCUT2D eigenvalue weighted by molar-refractivity contribution is 6.10. The molecule has 2 nitrogen and oxygen atoms in total.